The van der Waals surface area contributed by atoms with Gasteiger partial charge in [0.2, 0.25) is 11.8 Å². The van der Waals surface area contributed by atoms with Gasteiger partial charge in [0, 0.05) is 31.1 Å². The predicted octanol–water partition coefficient (Wildman–Crippen LogP) is 1.48. The number of carbonyl (C=O) groups excluding carboxylic acids is 2. The van der Waals surface area contributed by atoms with Crippen molar-refractivity contribution < 1.29 is 9.59 Å². The number of thiophene rings is 1. The number of hydrogen-bond donors (Lipinski definition) is 2. The minimum absolute atomic E-state index is 0.00384. The summed E-state index contributed by atoms with van der Waals surface area (Å²) < 4.78 is 0. The molecule has 126 valence electrons. The molecule has 0 bridgehead atoms. The molecule has 1 aromatic rings. The lowest BCUT2D eigenvalue weighted by atomic mass is 9.85. The Balaban J connectivity index is 1.65. The van der Waals surface area contributed by atoms with Gasteiger partial charge in [-0.1, -0.05) is 0 Å². The lowest BCUT2D eigenvalue weighted by Gasteiger charge is -2.35. The van der Waals surface area contributed by atoms with Crippen LogP contribution in [0.5, 0.6) is 0 Å². The first-order chi connectivity index (χ1) is 11.2. The molecule has 1 aromatic heterocycles. The quantitative estimate of drug-likeness (QED) is 0.875. The summed E-state index contributed by atoms with van der Waals surface area (Å²) in [5.74, 6) is 0.147. The molecule has 6 heteroatoms. The van der Waals surface area contributed by atoms with E-state index in [1.54, 1.807) is 11.3 Å². The van der Waals surface area contributed by atoms with Gasteiger partial charge >= 0.3 is 0 Å². The van der Waals surface area contributed by atoms with E-state index in [9.17, 15) is 9.59 Å². The van der Waals surface area contributed by atoms with E-state index in [0.29, 0.717) is 19.6 Å². The SMILES string of the molecule is NCCNC(=O)C1CCCN(C(=O)C2CCCc3sccc32)C1. The van der Waals surface area contributed by atoms with Gasteiger partial charge in [0.15, 0.2) is 0 Å². The number of carbonyl (C=O) groups is 2. The summed E-state index contributed by atoms with van der Waals surface area (Å²) in [5.41, 5.74) is 6.66. The summed E-state index contributed by atoms with van der Waals surface area (Å²) in [6.07, 6.45) is 4.87. The molecular formula is C17H25N3O2S. The smallest absolute Gasteiger partial charge is 0.230 e. The molecule has 3 rings (SSSR count). The zero-order chi connectivity index (χ0) is 16.2. The Hall–Kier alpha value is -1.40. The van der Waals surface area contributed by atoms with Crippen molar-refractivity contribution in [1.29, 1.82) is 0 Å². The predicted molar refractivity (Wildman–Crippen MR) is 91.4 cm³/mol. The van der Waals surface area contributed by atoms with Crippen molar-refractivity contribution in [2.45, 2.75) is 38.0 Å². The maximum absolute atomic E-state index is 13.0. The fraction of sp³-hybridized carbons (Fsp3) is 0.647. The van der Waals surface area contributed by atoms with Crippen molar-refractivity contribution in [3.63, 3.8) is 0 Å². The third kappa shape index (κ3) is 3.58. The highest BCUT2D eigenvalue weighted by Gasteiger charge is 2.34. The number of amides is 2. The van der Waals surface area contributed by atoms with Crippen molar-refractivity contribution >= 4 is 23.2 Å². The number of rotatable bonds is 4. The number of nitrogens with one attached hydrogen (secondary N) is 1. The number of hydrogen-bond acceptors (Lipinski definition) is 4. The van der Waals surface area contributed by atoms with E-state index in [2.05, 4.69) is 16.8 Å². The van der Waals surface area contributed by atoms with Gasteiger partial charge in [-0.25, -0.2) is 0 Å². The standard InChI is InChI=1S/C17H25N3O2S/c18-7-8-19-16(21)12-3-2-9-20(11-12)17(22)14-4-1-5-15-13(14)6-10-23-15/h6,10,12,14H,1-5,7-9,11,18H2,(H,19,21). The Bertz CT molecular complexity index is 572. The van der Waals surface area contributed by atoms with Crippen LogP contribution in [0.15, 0.2) is 11.4 Å². The average Bonchev–Trinajstić information content (AvgIpc) is 3.07. The lowest BCUT2D eigenvalue weighted by Crippen LogP contribution is -2.47. The van der Waals surface area contributed by atoms with Crippen LogP contribution in [0.4, 0.5) is 0 Å². The Labute approximate surface area is 141 Å². The molecule has 0 spiro atoms. The summed E-state index contributed by atoms with van der Waals surface area (Å²) in [6, 6.07) is 2.11. The van der Waals surface area contributed by atoms with Crippen molar-refractivity contribution in [2.75, 3.05) is 26.2 Å². The van der Waals surface area contributed by atoms with Gasteiger partial charge in [0.1, 0.15) is 0 Å². The molecule has 1 aliphatic carbocycles. The van der Waals surface area contributed by atoms with Gasteiger partial charge in [-0.2, -0.15) is 0 Å². The highest BCUT2D eigenvalue weighted by molar-refractivity contribution is 7.10. The number of nitrogens with two attached hydrogens (primary N) is 1. The van der Waals surface area contributed by atoms with E-state index >= 15 is 0 Å². The maximum Gasteiger partial charge on any atom is 0.230 e. The van der Waals surface area contributed by atoms with Gasteiger partial charge in [0.05, 0.1) is 11.8 Å². The normalized spacial score (nSPS) is 24.1. The summed E-state index contributed by atoms with van der Waals surface area (Å²) >= 11 is 1.76. The molecule has 1 fully saturated rings. The molecule has 2 heterocycles. The number of nitrogens with zero attached hydrogens (tertiary/aromatic N) is 1. The average molecular weight is 335 g/mol. The summed E-state index contributed by atoms with van der Waals surface area (Å²) in [6.45, 7) is 2.27. The fourth-order valence-electron chi connectivity index (χ4n) is 3.69. The van der Waals surface area contributed by atoms with Crippen LogP contribution >= 0.6 is 11.3 Å². The zero-order valence-electron chi connectivity index (χ0n) is 13.4. The molecule has 0 saturated carbocycles. The van der Waals surface area contributed by atoms with Crippen molar-refractivity contribution in [2.24, 2.45) is 11.7 Å². The van der Waals surface area contributed by atoms with Gasteiger partial charge in [0.25, 0.3) is 0 Å². The molecule has 2 amide bonds. The summed E-state index contributed by atoms with van der Waals surface area (Å²) in [4.78, 5) is 28.4. The number of likely N-dealkylation sites (tertiary alicyclic amines) is 1. The highest BCUT2D eigenvalue weighted by atomic mass is 32.1. The molecule has 3 N–H and O–H groups in total. The molecule has 0 radical (unpaired) electrons. The van der Waals surface area contributed by atoms with Gasteiger partial charge in [-0.05, 0) is 49.1 Å². The monoisotopic (exact) mass is 335 g/mol. The van der Waals surface area contributed by atoms with Gasteiger partial charge in [-0.3, -0.25) is 9.59 Å². The van der Waals surface area contributed by atoms with Crippen LogP contribution < -0.4 is 11.1 Å². The summed E-state index contributed by atoms with van der Waals surface area (Å²) in [7, 11) is 0. The first-order valence-corrected chi connectivity index (χ1v) is 9.41. The topological polar surface area (TPSA) is 75.4 Å². The highest BCUT2D eigenvalue weighted by Crippen LogP contribution is 2.36. The molecule has 23 heavy (non-hydrogen) atoms. The first kappa shape index (κ1) is 16.5. The number of piperidine rings is 1. The van der Waals surface area contributed by atoms with Crippen LogP contribution in [0.2, 0.25) is 0 Å². The maximum atomic E-state index is 13.0. The molecule has 1 aliphatic heterocycles. The molecule has 2 aliphatic rings. The molecule has 0 aromatic carbocycles. The van der Waals surface area contributed by atoms with E-state index in [1.165, 1.54) is 10.4 Å². The van der Waals surface area contributed by atoms with E-state index in [0.717, 1.165) is 38.6 Å². The molecule has 5 nitrogen and oxygen atoms in total. The van der Waals surface area contributed by atoms with Crippen molar-refractivity contribution in [1.82, 2.24) is 10.2 Å². The van der Waals surface area contributed by atoms with Crippen LogP contribution in [-0.4, -0.2) is 42.9 Å². The number of fused-ring (bicyclic) bond motifs is 1. The third-order valence-corrected chi connectivity index (χ3v) is 5.89. The molecule has 2 atom stereocenters. The molecule has 2 unspecified atom stereocenters. The third-order valence-electron chi connectivity index (χ3n) is 4.90. The Morgan fingerprint density at radius 3 is 3.04 bits per heavy atom. The van der Waals surface area contributed by atoms with E-state index < -0.39 is 0 Å². The summed E-state index contributed by atoms with van der Waals surface area (Å²) in [5, 5.41) is 4.95. The Morgan fingerprint density at radius 1 is 1.35 bits per heavy atom. The van der Waals surface area contributed by atoms with Crippen LogP contribution in [0, 0.1) is 5.92 Å². The first-order valence-electron chi connectivity index (χ1n) is 8.53. The Morgan fingerprint density at radius 2 is 2.22 bits per heavy atom. The van der Waals surface area contributed by atoms with Crippen LogP contribution in [0.3, 0.4) is 0 Å². The van der Waals surface area contributed by atoms with Crippen LogP contribution in [-0.2, 0) is 16.0 Å². The minimum Gasteiger partial charge on any atom is -0.355 e. The van der Waals surface area contributed by atoms with Crippen molar-refractivity contribution in [3.8, 4) is 0 Å². The largest absolute Gasteiger partial charge is 0.355 e. The van der Waals surface area contributed by atoms with Crippen LogP contribution in [0.1, 0.15) is 42.0 Å². The Kier molecular flexibility index (Phi) is 5.33. The minimum atomic E-state index is -0.0928. The molecule has 1 saturated heterocycles. The van der Waals surface area contributed by atoms with Crippen molar-refractivity contribution in [3.05, 3.63) is 21.9 Å². The van der Waals surface area contributed by atoms with Crippen LogP contribution in [0.25, 0.3) is 0 Å². The zero-order valence-corrected chi connectivity index (χ0v) is 14.2. The van der Waals surface area contributed by atoms with E-state index in [4.69, 9.17) is 5.73 Å². The van der Waals surface area contributed by atoms with Gasteiger partial charge in [-0.15, -0.1) is 11.3 Å². The molecular weight excluding hydrogens is 310 g/mol. The van der Waals surface area contributed by atoms with E-state index in [1.807, 2.05) is 4.90 Å². The lowest BCUT2D eigenvalue weighted by molar-refractivity contribution is -0.137. The second-order valence-corrected chi connectivity index (χ2v) is 7.45. The number of aryl methyl sites for hydroxylation is 1. The second-order valence-electron chi connectivity index (χ2n) is 6.45. The van der Waals surface area contributed by atoms with E-state index in [-0.39, 0.29) is 23.7 Å². The van der Waals surface area contributed by atoms with Gasteiger partial charge < -0.3 is 16.0 Å². The fourth-order valence-corrected chi connectivity index (χ4v) is 4.68. The second kappa shape index (κ2) is 7.45.